The van der Waals surface area contributed by atoms with Gasteiger partial charge in [0.05, 0.1) is 5.52 Å². The summed E-state index contributed by atoms with van der Waals surface area (Å²) in [6.45, 7) is 8.84. The van der Waals surface area contributed by atoms with Crippen molar-refractivity contribution in [2.75, 3.05) is 30.8 Å². The molecule has 1 amide bonds. The Morgan fingerprint density at radius 3 is 2.59 bits per heavy atom. The Kier molecular flexibility index (Phi) is 7.31. The molecule has 7 nitrogen and oxygen atoms in total. The number of piperidine rings is 1. The van der Waals surface area contributed by atoms with E-state index in [9.17, 15) is 9.00 Å². The second kappa shape index (κ2) is 9.91. The fourth-order valence-corrected chi connectivity index (χ4v) is 6.24. The number of carbonyl (C=O) groups excluding carboxylic acids is 1. The van der Waals surface area contributed by atoms with Gasteiger partial charge in [0.15, 0.2) is 0 Å². The number of para-hydroxylation sites is 1. The third kappa shape index (κ3) is 5.96. The number of hydrogen-bond donors (Lipinski definition) is 4. The number of nitrogens with zero attached hydrogens (tertiary/aromatic N) is 2. The molecule has 1 aliphatic carbocycles. The second-order valence-electron chi connectivity index (χ2n) is 11.1. The predicted octanol–water partition coefficient (Wildman–Crippen LogP) is 3.10. The van der Waals surface area contributed by atoms with Gasteiger partial charge in [-0.3, -0.25) is 14.1 Å². The Hall–Kier alpha value is -2.03. The molecule has 0 radical (unpaired) electrons. The van der Waals surface area contributed by atoms with Gasteiger partial charge in [-0.2, -0.15) is 0 Å². The minimum Gasteiger partial charge on any atom is -0.356 e. The minimum atomic E-state index is -2.67. The molecule has 1 saturated heterocycles. The summed E-state index contributed by atoms with van der Waals surface area (Å²) in [6.07, 6.45) is 6.36. The smallest absolute Gasteiger partial charge is 0.224 e. The molecule has 0 spiro atoms. The van der Waals surface area contributed by atoms with Crippen LogP contribution in [0.3, 0.4) is 0 Å². The molecular weight excluding hydrogens is 446 g/mol. The predicted molar refractivity (Wildman–Crippen MR) is 142 cm³/mol. The molecule has 1 atom stereocenters. The number of aromatic nitrogens is 1. The molecule has 2 heterocycles. The lowest BCUT2D eigenvalue weighted by atomic mass is 9.73. The van der Waals surface area contributed by atoms with Gasteiger partial charge in [-0.1, -0.05) is 32.0 Å². The van der Waals surface area contributed by atoms with Gasteiger partial charge in [0, 0.05) is 43.2 Å². The molecule has 2 aliphatic rings. The highest BCUT2D eigenvalue weighted by Gasteiger charge is 2.41. The zero-order valence-corrected chi connectivity index (χ0v) is 21.9. The van der Waals surface area contributed by atoms with E-state index in [1.807, 2.05) is 0 Å². The van der Waals surface area contributed by atoms with E-state index in [0.29, 0.717) is 12.5 Å². The van der Waals surface area contributed by atoms with Crippen LogP contribution >= 0.6 is 0 Å². The highest BCUT2D eigenvalue weighted by Crippen LogP contribution is 2.37. The van der Waals surface area contributed by atoms with Crippen molar-refractivity contribution in [1.29, 1.82) is 0 Å². The molecule has 1 aromatic carbocycles. The van der Waals surface area contributed by atoms with Crippen LogP contribution in [0.15, 0.2) is 30.3 Å². The Bertz CT molecular complexity index is 1070. The summed E-state index contributed by atoms with van der Waals surface area (Å²) in [5.41, 5.74) is 2.09. The van der Waals surface area contributed by atoms with Crippen LogP contribution < -0.4 is 20.1 Å². The quantitative estimate of drug-likeness (QED) is 0.471. The van der Waals surface area contributed by atoms with Gasteiger partial charge in [-0.05, 0) is 78.4 Å². The van der Waals surface area contributed by atoms with Crippen molar-refractivity contribution in [3.63, 3.8) is 0 Å². The topological polar surface area (TPSA) is 100 Å². The van der Waals surface area contributed by atoms with E-state index >= 15 is 0 Å². The monoisotopic (exact) mass is 487 g/mol. The number of benzene rings is 1. The summed E-state index contributed by atoms with van der Waals surface area (Å²) in [5, 5.41) is 10.1. The fourth-order valence-electron chi connectivity index (χ4n) is 5.62. The van der Waals surface area contributed by atoms with Crippen LogP contribution in [0.5, 0.6) is 0 Å². The van der Waals surface area contributed by atoms with Gasteiger partial charge in [0.1, 0.15) is 5.82 Å². The normalized spacial score (nSPS) is 25.8. The Morgan fingerprint density at radius 1 is 1.18 bits per heavy atom. The van der Waals surface area contributed by atoms with Crippen LogP contribution in [0.4, 0.5) is 5.82 Å². The molecule has 1 aliphatic heterocycles. The lowest BCUT2D eigenvalue weighted by molar-refractivity contribution is -0.130. The first-order valence-electron chi connectivity index (χ1n) is 12.5. The van der Waals surface area contributed by atoms with Crippen molar-refractivity contribution in [2.45, 2.75) is 58.9 Å². The van der Waals surface area contributed by atoms with E-state index in [0.717, 1.165) is 61.9 Å². The number of pyridine rings is 1. The van der Waals surface area contributed by atoms with Crippen molar-refractivity contribution >= 4 is 32.9 Å². The number of hydrogen-bond acceptors (Lipinski definition) is 4. The first kappa shape index (κ1) is 25.1. The maximum Gasteiger partial charge on any atom is 0.224 e. The summed E-state index contributed by atoms with van der Waals surface area (Å²) in [5.74, 6) is 1.65. The van der Waals surface area contributed by atoms with Crippen molar-refractivity contribution in [2.24, 2.45) is 22.4 Å². The standard InChI is InChI=1S/C26H41N5O2S/c1-18-6-5-7-20-10-13-23(30-24(18)20)31-15-14-22(26(2,3)17-31)25(32)29-21-11-8-19(9-12-21)16-28-34(4,27)33/h5-7,10,13,19,21-22,34H,8-9,11-12,14-17H2,1-4H3,(H,29,32)(H3,27,28,33)/t19-,21+,22-/m1/s1. The molecule has 188 valence electrons. The molecule has 4 rings (SSSR count). The van der Waals surface area contributed by atoms with Crippen LogP contribution in [0.25, 0.3) is 10.9 Å². The van der Waals surface area contributed by atoms with E-state index in [1.54, 1.807) is 6.26 Å². The summed E-state index contributed by atoms with van der Waals surface area (Å²) < 4.78 is 14.7. The molecular formula is C26H41N5O2S. The number of nitrogens with one attached hydrogen (secondary N) is 2. The van der Waals surface area contributed by atoms with Crippen LogP contribution in [0.2, 0.25) is 0 Å². The molecule has 1 saturated carbocycles. The molecule has 0 bridgehead atoms. The molecule has 0 unspecified atom stereocenters. The van der Waals surface area contributed by atoms with Crippen LogP contribution in [-0.4, -0.2) is 47.0 Å². The van der Waals surface area contributed by atoms with E-state index in [-0.39, 0.29) is 23.3 Å². The zero-order valence-electron chi connectivity index (χ0n) is 21.0. The van der Waals surface area contributed by atoms with E-state index in [1.165, 1.54) is 5.56 Å². The Morgan fingerprint density at radius 2 is 1.91 bits per heavy atom. The summed E-state index contributed by atoms with van der Waals surface area (Å²) >= 11 is 0. The second-order valence-corrected chi connectivity index (χ2v) is 13.4. The van der Waals surface area contributed by atoms with E-state index in [2.05, 4.69) is 66.0 Å². The molecule has 4 N–H and O–H groups in total. The number of amides is 1. The molecule has 1 aromatic heterocycles. The van der Waals surface area contributed by atoms with E-state index in [4.69, 9.17) is 10.1 Å². The highest BCUT2D eigenvalue weighted by molar-refractivity contribution is 7.98. The fraction of sp³-hybridized carbons (Fsp3) is 0.615. The van der Waals surface area contributed by atoms with Gasteiger partial charge in [-0.25, -0.2) is 9.71 Å². The largest absolute Gasteiger partial charge is 0.356 e. The van der Waals surface area contributed by atoms with Gasteiger partial charge in [-0.15, -0.1) is 0 Å². The number of rotatable bonds is 6. The third-order valence-electron chi connectivity index (χ3n) is 7.66. The lowest BCUT2D eigenvalue weighted by Gasteiger charge is -2.44. The lowest BCUT2D eigenvalue weighted by Crippen LogP contribution is -2.53. The number of thiol groups is 1. The maximum absolute atomic E-state index is 13.3. The maximum atomic E-state index is 13.3. The Labute approximate surface area is 204 Å². The highest BCUT2D eigenvalue weighted by atomic mass is 32.3. The zero-order chi connectivity index (χ0) is 24.5. The van der Waals surface area contributed by atoms with Crippen molar-refractivity contribution in [3.8, 4) is 0 Å². The first-order valence-corrected chi connectivity index (χ1v) is 14.8. The Balaban J connectivity index is 1.33. The first-order chi connectivity index (χ1) is 16.0. The van der Waals surface area contributed by atoms with Crippen molar-refractivity contribution in [3.05, 3.63) is 35.9 Å². The van der Waals surface area contributed by atoms with Gasteiger partial charge in [0.2, 0.25) is 5.91 Å². The third-order valence-corrected chi connectivity index (χ3v) is 8.47. The van der Waals surface area contributed by atoms with Crippen LogP contribution in [0.1, 0.15) is 51.5 Å². The van der Waals surface area contributed by atoms with Gasteiger partial charge < -0.3 is 10.2 Å². The van der Waals surface area contributed by atoms with Gasteiger partial charge in [0.25, 0.3) is 0 Å². The van der Waals surface area contributed by atoms with E-state index < -0.39 is 10.3 Å². The average Bonchev–Trinajstić information content (AvgIpc) is 2.77. The van der Waals surface area contributed by atoms with Crippen molar-refractivity contribution in [1.82, 2.24) is 15.0 Å². The number of fused-ring (bicyclic) bond motifs is 1. The summed E-state index contributed by atoms with van der Waals surface area (Å²) in [7, 11) is -2.67. The van der Waals surface area contributed by atoms with Gasteiger partial charge >= 0.3 is 0 Å². The minimum absolute atomic E-state index is 0.00598. The number of nitrogens with two attached hydrogens (primary N) is 1. The number of carbonyl (C=O) groups is 1. The van der Waals surface area contributed by atoms with Crippen LogP contribution in [0, 0.1) is 24.2 Å². The SMILES string of the molecule is Cc1cccc2ccc(N3CC[C@H](C(=O)N[C@H]4CC[C@@H](CN[SH](C)(N)=O)CC4)C(C)(C)C3)nc12. The summed E-state index contributed by atoms with van der Waals surface area (Å²) in [4.78, 5) is 20.6. The van der Waals surface area contributed by atoms with Crippen molar-refractivity contribution < 1.29 is 9.00 Å². The molecule has 2 fully saturated rings. The number of anilines is 1. The molecule has 34 heavy (non-hydrogen) atoms. The average molecular weight is 488 g/mol. The molecule has 2 aromatic rings. The van der Waals surface area contributed by atoms with Crippen LogP contribution in [-0.2, 0) is 15.1 Å². The molecule has 8 heteroatoms. The number of aryl methyl sites for hydroxylation is 1. The summed E-state index contributed by atoms with van der Waals surface area (Å²) in [6, 6.07) is 10.8.